The van der Waals surface area contributed by atoms with E-state index < -0.39 is 11.7 Å². The topological polar surface area (TPSA) is 41.1 Å². The number of halogens is 3. The SMILES string of the molecule is Cc1nc(Nc2ccc(C(F)(F)F)cc2)cc(N2CCC(C)CC2)n1. The Balaban J connectivity index is 1.76. The van der Waals surface area contributed by atoms with Crippen molar-refractivity contribution in [2.75, 3.05) is 23.3 Å². The van der Waals surface area contributed by atoms with Crippen molar-refractivity contribution in [1.82, 2.24) is 9.97 Å². The van der Waals surface area contributed by atoms with Crippen LogP contribution in [0.5, 0.6) is 0 Å². The molecule has 0 spiro atoms. The van der Waals surface area contributed by atoms with Crippen molar-refractivity contribution in [3.63, 3.8) is 0 Å². The Morgan fingerprint density at radius 2 is 1.72 bits per heavy atom. The van der Waals surface area contributed by atoms with Gasteiger partial charge in [-0.2, -0.15) is 13.2 Å². The molecule has 4 nitrogen and oxygen atoms in total. The summed E-state index contributed by atoms with van der Waals surface area (Å²) in [5, 5.41) is 3.07. The summed E-state index contributed by atoms with van der Waals surface area (Å²) in [6.45, 7) is 5.98. The fourth-order valence-electron chi connectivity index (χ4n) is 2.91. The van der Waals surface area contributed by atoms with Gasteiger partial charge in [0, 0.05) is 24.8 Å². The van der Waals surface area contributed by atoms with Gasteiger partial charge in [-0.05, 0) is 49.9 Å². The van der Waals surface area contributed by atoms with Crippen LogP contribution in [-0.4, -0.2) is 23.1 Å². The zero-order valence-corrected chi connectivity index (χ0v) is 14.3. The first kappa shape index (κ1) is 17.5. The number of benzene rings is 1. The second-order valence-electron chi connectivity index (χ2n) is 6.53. The van der Waals surface area contributed by atoms with E-state index in [-0.39, 0.29) is 0 Å². The molecular weight excluding hydrogens is 329 g/mol. The molecular formula is C18H21F3N4. The Kier molecular flexibility index (Phi) is 4.83. The Bertz CT molecular complexity index is 720. The van der Waals surface area contributed by atoms with Crippen molar-refractivity contribution in [2.45, 2.75) is 32.9 Å². The van der Waals surface area contributed by atoms with E-state index in [2.05, 4.69) is 27.1 Å². The van der Waals surface area contributed by atoms with E-state index in [0.29, 0.717) is 17.3 Å². The maximum absolute atomic E-state index is 12.6. The van der Waals surface area contributed by atoms with Crippen molar-refractivity contribution in [1.29, 1.82) is 0 Å². The molecule has 3 rings (SSSR count). The molecule has 0 amide bonds. The molecule has 0 bridgehead atoms. The standard InChI is InChI=1S/C18H21F3N4/c1-12-7-9-25(10-8-12)17-11-16(22-13(2)23-17)24-15-5-3-14(4-6-15)18(19,20)21/h3-6,11-12H,7-10H2,1-2H3,(H,22,23,24). The number of aryl methyl sites for hydroxylation is 1. The number of anilines is 3. The summed E-state index contributed by atoms with van der Waals surface area (Å²) in [6, 6.07) is 6.78. The van der Waals surface area contributed by atoms with Crippen molar-refractivity contribution in [3.8, 4) is 0 Å². The molecule has 0 saturated carbocycles. The van der Waals surface area contributed by atoms with E-state index in [0.717, 1.165) is 49.8 Å². The third-order valence-electron chi connectivity index (χ3n) is 4.42. The highest BCUT2D eigenvalue weighted by atomic mass is 19.4. The van der Waals surface area contributed by atoms with Crippen molar-refractivity contribution >= 4 is 17.3 Å². The lowest BCUT2D eigenvalue weighted by Crippen LogP contribution is -2.33. The van der Waals surface area contributed by atoms with Crippen LogP contribution in [-0.2, 0) is 6.18 Å². The molecule has 1 N–H and O–H groups in total. The smallest absolute Gasteiger partial charge is 0.356 e. The molecule has 0 unspecified atom stereocenters. The Morgan fingerprint density at radius 3 is 2.32 bits per heavy atom. The highest BCUT2D eigenvalue weighted by molar-refractivity contribution is 5.60. The van der Waals surface area contributed by atoms with Crippen LogP contribution in [0.15, 0.2) is 30.3 Å². The molecule has 2 heterocycles. The van der Waals surface area contributed by atoms with E-state index >= 15 is 0 Å². The maximum atomic E-state index is 12.6. The highest BCUT2D eigenvalue weighted by Crippen LogP contribution is 2.30. The fraction of sp³-hybridized carbons (Fsp3) is 0.444. The summed E-state index contributed by atoms with van der Waals surface area (Å²) in [4.78, 5) is 11.1. The number of piperidine rings is 1. The van der Waals surface area contributed by atoms with Crippen molar-refractivity contribution in [3.05, 3.63) is 41.7 Å². The van der Waals surface area contributed by atoms with Gasteiger partial charge >= 0.3 is 6.18 Å². The van der Waals surface area contributed by atoms with Crippen LogP contribution < -0.4 is 10.2 Å². The summed E-state index contributed by atoms with van der Waals surface area (Å²) in [7, 11) is 0. The molecule has 1 aliphatic rings. The van der Waals surface area contributed by atoms with Crippen LogP contribution in [0.4, 0.5) is 30.5 Å². The summed E-state index contributed by atoms with van der Waals surface area (Å²) >= 11 is 0. The second kappa shape index (κ2) is 6.90. The quantitative estimate of drug-likeness (QED) is 0.865. The number of nitrogens with one attached hydrogen (secondary N) is 1. The molecule has 7 heteroatoms. The minimum absolute atomic E-state index is 0.560. The van der Waals surface area contributed by atoms with Crippen molar-refractivity contribution in [2.24, 2.45) is 5.92 Å². The molecule has 1 aromatic carbocycles. The van der Waals surface area contributed by atoms with E-state index in [1.807, 2.05) is 13.0 Å². The van der Waals surface area contributed by atoms with Gasteiger partial charge in [-0.25, -0.2) is 9.97 Å². The minimum Gasteiger partial charge on any atom is -0.356 e. The van der Waals surface area contributed by atoms with Crippen LogP contribution in [0.25, 0.3) is 0 Å². The fourth-order valence-corrected chi connectivity index (χ4v) is 2.91. The minimum atomic E-state index is -4.33. The summed E-state index contributed by atoms with van der Waals surface area (Å²) in [5.41, 5.74) is -0.107. The number of rotatable bonds is 3. The van der Waals surface area contributed by atoms with Gasteiger partial charge in [0.2, 0.25) is 0 Å². The first-order chi connectivity index (χ1) is 11.8. The van der Waals surface area contributed by atoms with Gasteiger partial charge in [0.05, 0.1) is 5.56 Å². The lowest BCUT2D eigenvalue weighted by molar-refractivity contribution is -0.137. The Hall–Kier alpha value is -2.31. The number of alkyl halides is 3. The molecule has 1 saturated heterocycles. The zero-order chi connectivity index (χ0) is 18.0. The van der Waals surface area contributed by atoms with E-state index in [9.17, 15) is 13.2 Å². The van der Waals surface area contributed by atoms with Crippen LogP contribution >= 0.6 is 0 Å². The predicted molar refractivity (Wildman–Crippen MR) is 92.1 cm³/mol. The largest absolute Gasteiger partial charge is 0.416 e. The van der Waals surface area contributed by atoms with Crippen LogP contribution in [0.2, 0.25) is 0 Å². The Labute approximate surface area is 145 Å². The van der Waals surface area contributed by atoms with Gasteiger partial charge < -0.3 is 10.2 Å². The van der Waals surface area contributed by atoms with E-state index in [1.165, 1.54) is 12.1 Å². The molecule has 0 radical (unpaired) electrons. The van der Waals surface area contributed by atoms with E-state index in [4.69, 9.17) is 0 Å². The lowest BCUT2D eigenvalue weighted by atomic mass is 9.99. The second-order valence-corrected chi connectivity index (χ2v) is 6.53. The molecule has 1 fully saturated rings. The average molecular weight is 350 g/mol. The van der Waals surface area contributed by atoms with Gasteiger partial charge in [0.15, 0.2) is 0 Å². The summed E-state index contributed by atoms with van der Waals surface area (Å²) < 4.78 is 37.9. The van der Waals surface area contributed by atoms with Gasteiger partial charge in [0.1, 0.15) is 17.5 Å². The van der Waals surface area contributed by atoms with Crippen LogP contribution in [0.1, 0.15) is 31.2 Å². The normalized spacial score (nSPS) is 16.1. The number of aromatic nitrogens is 2. The Morgan fingerprint density at radius 1 is 1.08 bits per heavy atom. The number of hydrogen-bond donors (Lipinski definition) is 1. The molecule has 1 aromatic heterocycles. The first-order valence-corrected chi connectivity index (χ1v) is 8.36. The zero-order valence-electron chi connectivity index (χ0n) is 14.3. The van der Waals surface area contributed by atoms with E-state index in [1.54, 1.807) is 0 Å². The summed E-state index contributed by atoms with van der Waals surface area (Å²) in [6.07, 6.45) is -2.07. The highest BCUT2D eigenvalue weighted by Gasteiger charge is 2.30. The molecule has 0 atom stereocenters. The van der Waals surface area contributed by atoms with Crippen LogP contribution in [0, 0.1) is 12.8 Å². The van der Waals surface area contributed by atoms with Crippen LogP contribution in [0.3, 0.4) is 0 Å². The number of nitrogens with zero attached hydrogens (tertiary/aromatic N) is 3. The molecule has 134 valence electrons. The third kappa shape index (κ3) is 4.41. The van der Waals surface area contributed by atoms with Gasteiger partial charge in [0.25, 0.3) is 0 Å². The van der Waals surface area contributed by atoms with Crippen molar-refractivity contribution < 1.29 is 13.2 Å². The molecule has 0 aliphatic carbocycles. The number of hydrogen-bond acceptors (Lipinski definition) is 4. The maximum Gasteiger partial charge on any atom is 0.416 e. The molecule has 25 heavy (non-hydrogen) atoms. The molecule has 1 aliphatic heterocycles. The summed E-state index contributed by atoms with van der Waals surface area (Å²) in [5.74, 6) is 2.80. The predicted octanol–water partition coefficient (Wildman–Crippen LogP) is 4.78. The van der Waals surface area contributed by atoms with Gasteiger partial charge in [-0.15, -0.1) is 0 Å². The first-order valence-electron chi connectivity index (χ1n) is 8.36. The molecule has 2 aromatic rings. The monoisotopic (exact) mass is 350 g/mol. The van der Waals surface area contributed by atoms with Gasteiger partial charge in [-0.1, -0.05) is 6.92 Å². The van der Waals surface area contributed by atoms with Gasteiger partial charge in [-0.3, -0.25) is 0 Å². The lowest BCUT2D eigenvalue weighted by Gasteiger charge is -2.31. The average Bonchev–Trinajstić information content (AvgIpc) is 2.54. The third-order valence-corrected chi connectivity index (χ3v) is 4.42.